The van der Waals surface area contributed by atoms with E-state index in [1.807, 2.05) is 77.5 Å². The molecular formula is C29H23BrClFN4O2S. The minimum Gasteiger partial charge on any atom is -0.366 e. The lowest BCUT2D eigenvalue weighted by Gasteiger charge is -2.17. The molecule has 0 saturated heterocycles. The van der Waals surface area contributed by atoms with Gasteiger partial charge in [-0.2, -0.15) is 5.10 Å². The van der Waals surface area contributed by atoms with E-state index < -0.39 is 15.8 Å². The van der Waals surface area contributed by atoms with E-state index >= 15 is 0 Å². The van der Waals surface area contributed by atoms with Crippen LogP contribution >= 0.6 is 27.5 Å². The van der Waals surface area contributed by atoms with Crippen molar-refractivity contribution in [1.29, 1.82) is 0 Å². The Bertz CT molecular complexity index is 1710. The van der Waals surface area contributed by atoms with Gasteiger partial charge in [0.15, 0.2) is 0 Å². The van der Waals surface area contributed by atoms with E-state index in [9.17, 15) is 12.8 Å². The van der Waals surface area contributed by atoms with Crippen molar-refractivity contribution < 1.29 is 12.8 Å². The Labute approximate surface area is 239 Å². The number of rotatable bonds is 8. The van der Waals surface area contributed by atoms with Crippen molar-refractivity contribution in [2.75, 3.05) is 0 Å². The second-order valence-corrected chi connectivity index (χ2v) is 11.7. The number of sulfonamides is 1. The highest BCUT2D eigenvalue weighted by molar-refractivity contribution is 9.10. The SMILES string of the molecule is O=S(=O)(NCc1ccc(CN/C2=C/C(c3ccccc3Cl)=C/C=C/c3c(Br)cnn32)cc1)c1ccccc1F. The first kappa shape index (κ1) is 27.1. The molecule has 6 nitrogen and oxygen atoms in total. The van der Waals surface area contributed by atoms with Gasteiger partial charge in [0.1, 0.15) is 16.5 Å². The number of halogens is 3. The van der Waals surface area contributed by atoms with Crippen LogP contribution in [0.4, 0.5) is 4.39 Å². The maximum atomic E-state index is 13.9. The second-order valence-electron chi connectivity index (χ2n) is 8.71. The molecule has 3 aromatic carbocycles. The lowest BCUT2D eigenvalue weighted by Crippen LogP contribution is -2.24. The fourth-order valence-corrected chi connectivity index (χ4v) is 5.79. The number of hydrogen-bond acceptors (Lipinski definition) is 4. The molecule has 0 fully saturated rings. The average molecular weight is 626 g/mol. The van der Waals surface area contributed by atoms with Crippen molar-refractivity contribution in [3.05, 3.63) is 135 Å². The normalized spacial score (nSPS) is 16.7. The number of nitrogens with one attached hydrogen (secondary N) is 2. The highest BCUT2D eigenvalue weighted by atomic mass is 79.9. The molecule has 0 saturated carbocycles. The molecule has 0 amide bonds. The lowest BCUT2D eigenvalue weighted by atomic mass is 10.0. The van der Waals surface area contributed by atoms with Crippen LogP contribution in [-0.4, -0.2) is 18.2 Å². The molecule has 1 aromatic heterocycles. The maximum absolute atomic E-state index is 13.9. The Balaban J connectivity index is 1.32. The zero-order chi connectivity index (χ0) is 27.4. The van der Waals surface area contributed by atoms with Crippen LogP contribution in [0.5, 0.6) is 0 Å². The van der Waals surface area contributed by atoms with Crippen LogP contribution in [0.3, 0.4) is 0 Å². The van der Waals surface area contributed by atoms with Gasteiger partial charge in [0, 0.05) is 23.7 Å². The van der Waals surface area contributed by atoms with E-state index in [0.29, 0.717) is 11.6 Å². The summed E-state index contributed by atoms with van der Waals surface area (Å²) >= 11 is 10.0. The summed E-state index contributed by atoms with van der Waals surface area (Å²) in [6.07, 6.45) is 9.68. The van der Waals surface area contributed by atoms with E-state index in [4.69, 9.17) is 11.6 Å². The van der Waals surface area contributed by atoms with Gasteiger partial charge in [-0.05, 0) is 63.0 Å². The zero-order valence-corrected chi connectivity index (χ0v) is 23.6. The number of nitrogens with zero attached hydrogens (tertiary/aromatic N) is 2. The van der Waals surface area contributed by atoms with Crippen LogP contribution < -0.4 is 10.0 Å². The molecule has 39 heavy (non-hydrogen) atoms. The highest BCUT2D eigenvalue weighted by Gasteiger charge is 2.18. The van der Waals surface area contributed by atoms with Gasteiger partial charge in [-0.25, -0.2) is 22.2 Å². The predicted octanol–water partition coefficient (Wildman–Crippen LogP) is 6.62. The molecule has 2 heterocycles. The molecule has 0 aliphatic carbocycles. The second kappa shape index (κ2) is 11.7. The summed E-state index contributed by atoms with van der Waals surface area (Å²) in [4.78, 5) is -0.372. The van der Waals surface area contributed by atoms with Crippen molar-refractivity contribution in [3.8, 4) is 0 Å². The van der Waals surface area contributed by atoms with Gasteiger partial charge in [0.25, 0.3) is 0 Å². The first-order chi connectivity index (χ1) is 18.8. The van der Waals surface area contributed by atoms with Crippen LogP contribution in [-0.2, 0) is 23.1 Å². The average Bonchev–Trinajstić information content (AvgIpc) is 3.28. The lowest BCUT2D eigenvalue weighted by molar-refractivity contribution is 0.557. The third-order valence-electron chi connectivity index (χ3n) is 6.08. The molecule has 10 heteroatoms. The minimum absolute atomic E-state index is 0.0402. The highest BCUT2D eigenvalue weighted by Crippen LogP contribution is 2.29. The van der Waals surface area contributed by atoms with Crippen LogP contribution in [0.15, 0.2) is 107 Å². The smallest absolute Gasteiger partial charge is 0.243 e. The fourth-order valence-electron chi connectivity index (χ4n) is 4.05. The van der Waals surface area contributed by atoms with Gasteiger partial charge in [-0.3, -0.25) is 0 Å². The van der Waals surface area contributed by atoms with Crippen LogP contribution in [0.1, 0.15) is 22.4 Å². The number of allylic oxidation sites excluding steroid dienone is 4. The summed E-state index contributed by atoms with van der Waals surface area (Å²) in [5.74, 6) is -0.0294. The Morgan fingerprint density at radius 1 is 0.949 bits per heavy atom. The molecule has 1 aliphatic heterocycles. The van der Waals surface area contributed by atoms with E-state index in [0.717, 1.165) is 44.3 Å². The first-order valence-corrected chi connectivity index (χ1v) is 14.6. The quantitative estimate of drug-likeness (QED) is 0.231. The van der Waals surface area contributed by atoms with Crippen molar-refractivity contribution in [2.45, 2.75) is 18.0 Å². The number of hydrogen-bond donors (Lipinski definition) is 2. The Kier molecular flexibility index (Phi) is 8.13. The van der Waals surface area contributed by atoms with E-state index in [1.165, 1.54) is 18.2 Å². The van der Waals surface area contributed by atoms with Crippen molar-refractivity contribution in [2.24, 2.45) is 0 Å². The Morgan fingerprint density at radius 2 is 1.64 bits per heavy atom. The monoisotopic (exact) mass is 624 g/mol. The van der Waals surface area contributed by atoms with E-state index in [-0.39, 0.29) is 11.4 Å². The molecule has 5 rings (SSSR count). The third-order valence-corrected chi connectivity index (χ3v) is 8.46. The molecule has 0 spiro atoms. The van der Waals surface area contributed by atoms with Crippen molar-refractivity contribution >= 4 is 55.0 Å². The third kappa shape index (κ3) is 6.23. The predicted molar refractivity (Wildman–Crippen MR) is 156 cm³/mol. The van der Waals surface area contributed by atoms with Crippen LogP contribution in [0.2, 0.25) is 5.02 Å². The molecular weight excluding hydrogens is 603 g/mol. The number of benzene rings is 3. The largest absolute Gasteiger partial charge is 0.366 e. The van der Waals surface area contributed by atoms with Gasteiger partial charge in [0.2, 0.25) is 10.0 Å². The summed E-state index contributed by atoms with van der Waals surface area (Å²) in [5.41, 5.74) is 4.44. The summed E-state index contributed by atoms with van der Waals surface area (Å²) < 4.78 is 44.0. The standard InChI is InChI=1S/C29H23BrClFN4O2S/c30-24-19-34-36-27(24)10-5-6-22(23-7-1-2-8-25(23)31)16-29(36)33-17-20-12-14-21(15-13-20)18-35-39(37,38)28-11-4-3-9-26(28)32/h1-16,19,33,35H,17-18H2/b10-5+,22-6-,29-16-. The summed E-state index contributed by atoms with van der Waals surface area (Å²) in [6, 6.07) is 20.4. The molecule has 4 aromatic rings. The molecule has 2 N–H and O–H groups in total. The van der Waals surface area contributed by atoms with Crippen LogP contribution in [0, 0.1) is 5.82 Å². The van der Waals surface area contributed by atoms with E-state index in [1.54, 1.807) is 6.20 Å². The molecule has 1 aliphatic rings. The fraction of sp³-hybridized carbons (Fsp3) is 0.0690. The summed E-state index contributed by atoms with van der Waals surface area (Å²) in [5, 5.41) is 8.65. The van der Waals surface area contributed by atoms with Crippen LogP contribution in [0.25, 0.3) is 17.5 Å². The zero-order valence-electron chi connectivity index (χ0n) is 20.5. The van der Waals surface area contributed by atoms with Gasteiger partial charge in [0.05, 0.1) is 16.4 Å². The molecule has 0 unspecified atom stereocenters. The maximum Gasteiger partial charge on any atom is 0.243 e. The topological polar surface area (TPSA) is 76.0 Å². The minimum atomic E-state index is -3.97. The van der Waals surface area contributed by atoms with E-state index in [2.05, 4.69) is 31.1 Å². The van der Waals surface area contributed by atoms with Crippen molar-refractivity contribution in [1.82, 2.24) is 19.8 Å². The molecule has 0 radical (unpaired) electrons. The van der Waals surface area contributed by atoms with Gasteiger partial charge < -0.3 is 5.32 Å². The molecule has 0 bridgehead atoms. The Hall–Kier alpha value is -3.50. The first-order valence-electron chi connectivity index (χ1n) is 12.0. The van der Waals surface area contributed by atoms with Crippen molar-refractivity contribution in [3.63, 3.8) is 0 Å². The van der Waals surface area contributed by atoms with Gasteiger partial charge in [-0.15, -0.1) is 0 Å². The van der Waals surface area contributed by atoms with Gasteiger partial charge >= 0.3 is 0 Å². The summed E-state index contributed by atoms with van der Waals surface area (Å²) in [6.45, 7) is 0.530. The molecule has 0 atom stereocenters. The summed E-state index contributed by atoms with van der Waals surface area (Å²) in [7, 11) is -3.97. The number of fused-ring (bicyclic) bond motifs is 1. The van der Waals surface area contributed by atoms with Gasteiger partial charge in [-0.1, -0.05) is 78.4 Å². The number of aromatic nitrogens is 2. The Morgan fingerprint density at radius 3 is 2.38 bits per heavy atom. The molecule has 198 valence electrons.